The van der Waals surface area contributed by atoms with Crippen molar-refractivity contribution in [1.29, 1.82) is 0 Å². The first-order valence-corrected chi connectivity index (χ1v) is 6.15. The summed E-state index contributed by atoms with van der Waals surface area (Å²) in [7, 11) is 0. The van der Waals surface area contributed by atoms with Crippen LogP contribution in [0, 0.1) is 13.8 Å². The number of nitrogens with zero attached hydrogens (tertiary/aromatic N) is 4. The van der Waals surface area contributed by atoms with Gasteiger partial charge in [0, 0.05) is 18.1 Å². The zero-order valence-electron chi connectivity index (χ0n) is 11.2. The molecule has 6 heteroatoms. The van der Waals surface area contributed by atoms with Crippen LogP contribution in [0.25, 0.3) is 17.0 Å². The molecule has 3 rings (SSSR count). The summed E-state index contributed by atoms with van der Waals surface area (Å²) < 4.78 is 1.87. The summed E-state index contributed by atoms with van der Waals surface area (Å²) in [6.45, 7) is 3.79. The molecule has 0 aliphatic rings. The third-order valence-electron chi connectivity index (χ3n) is 3.18. The van der Waals surface area contributed by atoms with Crippen LogP contribution in [0.4, 0.5) is 0 Å². The van der Waals surface area contributed by atoms with Gasteiger partial charge in [-0.15, -0.1) is 0 Å². The molecule has 0 aromatic carbocycles. The number of aromatic nitrogens is 4. The highest BCUT2D eigenvalue weighted by Gasteiger charge is 2.19. The van der Waals surface area contributed by atoms with Gasteiger partial charge in [0.05, 0.1) is 11.2 Å². The van der Waals surface area contributed by atoms with Crippen molar-refractivity contribution >= 4 is 11.4 Å². The van der Waals surface area contributed by atoms with Crippen LogP contribution < -0.4 is 5.73 Å². The highest BCUT2D eigenvalue weighted by Crippen LogP contribution is 2.24. The standard InChI is InChI=1S/C14H13N5O/c1-8-4-3-5-10-12(13(15)20)18-14(19(8)10)11-9(2)16-6-7-17-11/h3-7H,1-2H3,(H2,15,20). The summed E-state index contributed by atoms with van der Waals surface area (Å²) in [6, 6.07) is 5.62. The Labute approximate surface area is 115 Å². The second-order valence-corrected chi connectivity index (χ2v) is 4.53. The van der Waals surface area contributed by atoms with Gasteiger partial charge in [0.1, 0.15) is 5.69 Å². The molecule has 0 saturated heterocycles. The molecule has 20 heavy (non-hydrogen) atoms. The average molecular weight is 267 g/mol. The third kappa shape index (κ3) is 1.73. The highest BCUT2D eigenvalue weighted by molar-refractivity contribution is 5.99. The summed E-state index contributed by atoms with van der Waals surface area (Å²) in [4.78, 5) is 24.5. The van der Waals surface area contributed by atoms with Crippen LogP contribution >= 0.6 is 0 Å². The fourth-order valence-corrected chi connectivity index (χ4v) is 2.26. The van der Waals surface area contributed by atoms with E-state index in [0.717, 1.165) is 11.4 Å². The van der Waals surface area contributed by atoms with E-state index >= 15 is 0 Å². The minimum Gasteiger partial charge on any atom is -0.364 e. The van der Waals surface area contributed by atoms with E-state index in [2.05, 4.69) is 15.0 Å². The lowest BCUT2D eigenvalue weighted by Gasteiger charge is -2.05. The number of rotatable bonds is 2. The molecule has 6 nitrogen and oxygen atoms in total. The van der Waals surface area contributed by atoms with Gasteiger partial charge < -0.3 is 5.73 Å². The van der Waals surface area contributed by atoms with E-state index in [4.69, 9.17) is 5.73 Å². The first-order valence-electron chi connectivity index (χ1n) is 6.15. The molecule has 100 valence electrons. The van der Waals surface area contributed by atoms with Crippen LogP contribution in [-0.4, -0.2) is 25.3 Å². The molecule has 0 saturated carbocycles. The van der Waals surface area contributed by atoms with Crippen molar-refractivity contribution in [2.45, 2.75) is 13.8 Å². The zero-order chi connectivity index (χ0) is 14.3. The maximum Gasteiger partial charge on any atom is 0.269 e. The van der Waals surface area contributed by atoms with Crippen LogP contribution in [-0.2, 0) is 0 Å². The molecule has 3 heterocycles. The van der Waals surface area contributed by atoms with Gasteiger partial charge in [-0.05, 0) is 26.0 Å². The predicted molar refractivity (Wildman–Crippen MR) is 74.2 cm³/mol. The molecule has 0 bridgehead atoms. The Hall–Kier alpha value is -2.76. The van der Waals surface area contributed by atoms with E-state index in [1.54, 1.807) is 12.4 Å². The third-order valence-corrected chi connectivity index (χ3v) is 3.18. The van der Waals surface area contributed by atoms with Crippen molar-refractivity contribution in [3.05, 3.63) is 47.7 Å². The number of carbonyl (C=O) groups is 1. The fraction of sp³-hybridized carbons (Fsp3) is 0.143. The van der Waals surface area contributed by atoms with Crippen LogP contribution in [0.5, 0.6) is 0 Å². The number of aryl methyl sites for hydroxylation is 2. The number of primary amides is 1. The van der Waals surface area contributed by atoms with Gasteiger partial charge in [0.25, 0.3) is 5.91 Å². The average Bonchev–Trinajstić information content (AvgIpc) is 2.80. The molecule has 1 amide bonds. The molecule has 3 aromatic heterocycles. The second kappa shape index (κ2) is 4.41. The van der Waals surface area contributed by atoms with Crippen LogP contribution in [0.2, 0.25) is 0 Å². The lowest BCUT2D eigenvalue weighted by atomic mass is 10.2. The summed E-state index contributed by atoms with van der Waals surface area (Å²) in [6.07, 6.45) is 3.22. The predicted octanol–water partition coefficient (Wildman–Crippen LogP) is 1.51. The van der Waals surface area contributed by atoms with Crippen molar-refractivity contribution in [1.82, 2.24) is 19.4 Å². The lowest BCUT2D eigenvalue weighted by molar-refractivity contribution is 0.0997. The first kappa shape index (κ1) is 12.3. The number of carbonyl (C=O) groups excluding carboxylic acids is 1. The summed E-state index contributed by atoms with van der Waals surface area (Å²) >= 11 is 0. The van der Waals surface area contributed by atoms with Gasteiger partial charge in [0.15, 0.2) is 11.5 Å². The Morgan fingerprint density at radius 2 is 1.95 bits per heavy atom. The van der Waals surface area contributed by atoms with Gasteiger partial charge in [-0.3, -0.25) is 14.2 Å². The van der Waals surface area contributed by atoms with E-state index in [9.17, 15) is 4.79 Å². The molecule has 0 spiro atoms. The number of pyridine rings is 1. The first-order chi connectivity index (χ1) is 9.59. The minimum absolute atomic E-state index is 0.244. The second-order valence-electron chi connectivity index (χ2n) is 4.53. The topological polar surface area (TPSA) is 86.2 Å². The highest BCUT2D eigenvalue weighted by atomic mass is 16.1. The molecule has 0 radical (unpaired) electrons. The number of fused-ring (bicyclic) bond motifs is 1. The number of hydrogen-bond acceptors (Lipinski definition) is 4. The molecule has 0 atom stereocenters. The van der Waals surface area contributed by atoms with E-state index in [1.807, 2.05) is 36.4 Å². The van der Waals surface area contributed by atoms with Crippen molar-refractivity contribution < 1.29 is 4.79 Å². The number of amides is 1. The molecular formula is C14H13N5O. The van der Waals surface area contributed by atoms with Crippen molar-refractivity contribution in [3.8, 4) is 11.5 Å². The number of imidazole rings is 1. The van der Waals surface area contributed by atoms with Gasteiger partial charge in [-0.25, -0.2) is 9.97 Å². The van der Waals surface area contributed by atoms with E-state index in [-0.39, 0.29) is 5.69 Å². The van der Waals surface area contributed by atoms with Crippen molar-refractivity contribution in [3.63, 3.8) is 0 Å². The molecule has 0 fully saturated rings. The molecule has 0 unspecified atom stereocenters. The smallest absolute Gasteiger partial charge is 0.269 e. The van der Waals surface area contributed by atoms with Gasteiger partial charge in [-0.2, -0.15) is 0 Å². The maximum atomic E-state index is 11.6. The van der Waals surface area contributed by atoms with E-state index in [1.165, 1.54) is 0 Å². The Morgan fingerprint density at radius 1 is 1.20 bits per heavy atom. The molecule has 2 N–H and O–H groups in total. The summed E-state index contributed by atoms with van der Waals surface area (Å²) in [5, 5.41) is 0. The number of hydrogen-bond donors (Lipinski definition) is 1. The lowest BCUT2D eigenvalue weighted by Crippen LogP contribution is -2.11. The monoisotopic (exact) mass is 267 g/mol. The zero-order valence-corrected chi connectivity index (χ0v) is 11.2. The van der Waals surface area contributed by atoms with Crippen LogP contribution in [0.15, 0.2) is 30.6 Å². The Morgan fingerprint density at radius 3 is 2.65 bits per heavy atom. The van der Waals surface area contributed by atoms with Crippen LogP contribution in [0.3, 0.4) is 0 Å². The Kier molecular flexibility index (Phi) is 2.71. The molecular weight excluding hydrogens is 254 g/mol. The summed E-state index contributed by atoms with van der Waals surface area (Å²) in [5.74, 6) is 0.0263. The minimum atomic E-state index is -0.555. The van der Waals surface area contributed by atoms with Crippen molar-refractivity contribution in [2.75, 3.05) is 0 Å². The van der Waals surface area contributed by atoms with E-state index < -0.39 is 5.91 Å². The quantitative estimate of drug-likeness (QED) is 0.762. The van der Waals surface area contributed by atoms with Gasteiger partial charge >= 0.3 is 0 Å². The van der Waals surface area contributed by atoms with Crippen LogP contribution in [0.1, 0.15) is 21.9 Å². The SMILES string of the molecule is Cc1nccnc1-c1nc(C(N)=O)c2cccc(C)n12. The van der Waals surface area contributed by atoms with E-state index in [0.29, 0.717) is 17.0 Å². The normalized spacial score (nSPS) is 10.9. The van der Waals surface area contributed by atoms with Gasteiger partial charge in [-0.1, -0.05) is 6.07 Å². The molecule has 3 aromatic rings. The Balaban J connectivity index is 2.43. The largest absolute Gasteiger partial charge is 0.364 e. The fourth-order valence-electron chi connectivity index (χ4n) is 2.26. The number of nitrogens with two attached hydrogens (primary N) is 1. The molecule has 0 aliphatic carbocycles. The summed E-state index contributed by atoms with van der Waals surface area (Å²) in [5.41, 5.74) is 8.67. The Bertz CT molecular complexity index is 822. The van der Waals surface area contributed by atoms with Crippen molar-refractivity contribution in [2.24, 2.45) is 5.73 Å². The maximum absolute atomic E-state index is 11.6. The van der Waals surface area contributed by atoms with Gasteiger partial charge in [0.2, 0.25) is 0 Å². The molecule has 0 aliphatic heterocycles.